The molecule has 1 aliphatic rings. The molecule has 0 radical (unpaired) electrons. The van der Waals surface area contributed by atoms with Crippen LogP contribution in [-0.2, 0) is 4.79 Å². The molecule has 0 spiro atoms. The van der Waals surface area contributed by atoms with Crippen LogP contribution >= 0.6 is 0 Å². The van der Waals surface area contributed by atoms with Gasteiger partial charge in [-0.05, 0) is 30.8 Å². The van der Waals surface area contributed by atoms with Gasteiger partial charge in [-0.2, -0.15) is 0 Å². The van der Waals surface area contributed by atoms with Crippen molar-refractivity contribution in [2.45, 2.75) is 26.2 Å². The molecule has 3 nitrogen and oxygen atoms in total. The van der Waals surface area contributed by atoms with E-state index in [1.54, 1.807) is 0 Å². The summed E-state index contributed by atoms with van der Waals surface area (Å²) in [4.78, 5) is 10.8. The number of rotatable bonds is 2. The second kappa shape index (κ2) is 3.72. The fourth-order valence-electron chi connectivity index (χ4n) is 1.78. The predicted molar refractivity (Wildman–Crippen MR) is 44.8 cm³/mol. The van der Waals surface area contributed by atoms with E-state index in [4.69, 9.17) is 10.2 Å². The molecule has 0 saturated carbocycles. The molecule has 0 fully saturated rings. The molecule has 1 atom stereocenters. The van der Waals surface area contributed by atoms with E-state index >= 15 is 0 Å². The van der Waals surface area contributed by atoms with Crippen LogP contribution < -0.4 is 0 Å². The number of carbonyl (C=O) groups is 1. The number of hydrogen-bond donors (Lipinski definition) is 2. The van der Waals surface area contributed by atoms with Gasteiger partial charge in [-0.15, -0.1) is 0 Å². The van der Waals surface area contributed by atoms with Crippen LogP contribution in [0.3, 0.4) is 0 Å². The Labute approximate surface area is 71.7 Å². The Morgan fingerprint density at radius 2 is 2.33 bits per heavy atom. The molecule has 1 aliphatic carbocycles. The predicted octanol–water partition coefficient (Wildman–Crippen LogP) is 1.18. The van der Waals surface area contributed by atoms with E-state index in [9.17, 15) is 4.79 Å². The van der Waals surface area contributed by atoms with Gasteiger partial charge in [0, 0.05) is 5.57 Å². The molecule has 68 valence electrons. The van der Waals surface area contributed by atoms with Gasteiger partial charge in [0.2, 0.25) is 0 Å². The van der Waals surface area contributed by atoms with Crippen LogP contribution in [0.1, 0.15) is 26.2 Å². The summed E-state index contributed by atoms with van der Waals surface area (Å²) in [6.07, 6.45) is 2.65. The standard InChI is InChI=1S/C9H14O3/c1-6-3-2-4-7(5-10)8(6)9(11)12/h6,10H,2-5H2,1H3,(H,11,12). The van der Waals surface area contributed by atoms with Gasteiger partial charge < -0.3 is 10.2 Å². The Morgan fingerprint density at radius 1 is 1.67 bits per heavy atom. The molecule has 0 aliphatic heterocycles. The largest absolute Gasteiger partial charge is 0.478 e. The highest BCUT2D eigenvalue weighted by Gasteiger charge is 2.23. The molecule has 0 amide bonds. The van der Waals surface area contributed by atoms with Gasteiger partial charge >= 0.3 is 5.97 Å². The van der Waals surface area contributed by atoms with Gasteiger partial charge in [-0.1, -0.05) is 6.92 Å². The first-order chi connectivity index (χ1) is 5.66. The molecule has 2 N–H and O–H groups in total. The number of aliphatic hydroxyl groups is 1. The molecule has 1 rings (SSSR count). The van der Waals surface area contributed by atoms with Crippen molar-refractivity contribution >= 4 is 5.97 Å². The third-order valence-electron chi connectivity index (χ3n) is 2.41. The minimum Gasteiger partial charge on any atom is -0.478 e. The maximum atomic E-state index is 10.8. The van der Waals surface area contributed by atoms with E-state index in [1.807, 2.05) is 6.92 Å². The Hall–Kier alpha value is -0.830. The highest BCUT2D eigenvalue weighted by atomic mass is 16.4. The Balaban J connectivity index is 2.95. The highest BCUT2D eigenvalue weighted by Crippen LogP contribution is 2.29. The molecule has 0 aromatic rings. The summed E-state index contributed by atoms with van der Waals surface area (Å²) in [7, 11) is 0. The summed E-state index contributed by atoms with van der Waals surface area (Å²) in [6.45, 7) is 1.80. The quantitative estimate of drug-likeness (QED) is 0.654. The Bertz CT molecular complexity index is 218. The van der Waals surface area contributed by atoms with Crippen molar-refractivity contribution < 1.29 is 15.0 Å². The van der Waals surface area contributed by atoms with Crippen molar-refractivity contribution in [3.63, 3.8) is 0 Å². The molecule has 0 bridgehead atoms. The topological polar surface area (TPSA) is 57.5 Å². The molecular formula is C9H14O3. The first-order valence-corrected chi connectivity index (χ1v) is 4.23. The number of hydrogen-bond acceptors (Lipinski definition) is 2. The van der Waals surface area contributed by atoms with Crippen molar-refractivity contribution in [1.29, 1.82) is 0 Å². The fourth-order valence-corrected chi connectivity index (χ4v) is 1.78. The van der Waals surface area contributed by atoms with Crippen LogP contribution in [0, 0.1) is 5.92 Å². The second-order valence-electron chi connectivity index (χ2n) is 3.27. The van der Waals surface area contributed by atoms with Gasteiger partial charge in [0.1, 0.15) is 0 Å². The summed E-state index contributed by atoms with van der Waals surface area (Å²) >= 11 is 0. The third-order valence-corrected chi connectivity index (χ3v) is 2.41. The van der Waals surface area contributed by atoms with Crippen LogP contribution in [0.2, 0.25) is 0 Å². The van der Waals surface area contributed by atoms with E-state index in [-0.39, 0.29) is 12.5 Å². The van der Waals surface area contributed by atoms with Gasteiger partial charge in [-0.3, -0.25) is 0 Å². The van der Waals surface area contributed by atoms with Crippen molar-refractivity contribution in [1.82, 2.24) is 0 Å². The number of aliphatic carboxylic acids is 1. The summed E-state index contributed by atoms with van der Waals surface area (Å²) in [5.74, 6) is -0.773. The van der Waals surface area contributed by atoms with E-state index in [0.717, 1.165) is 19.3 Å². The van der Waals surface area contributed by atoms with E-state index in [0.29, 0.717) is 11.1 Å². The average Bonchev–Trinajstić information content (AvgIpc) is 2.03. The van der Waals surface area contributed by atoms with Crippen LogP contribution in [0.5, 0.6) is 0 Å². The normalized spacial score (nSPS) is 24.3. The first kappa shape index (κ1) is 9.26. The zero-order valence-electron chi connectivity index (χ0n) is 7.21. The Morgan fingerprint density at radius 3 is 2.75 bits per heavy atom. The van der Waals surface area contributed by atoms with Crippen molar-refractivity contribution in [2.24, 2.45) is 5.92 Å². The SMILES string of the molecule is CC1CCCC(CO)=C1C(=O)O. The van der Waals surface area contributed by atoms with Crippen molar-refractivity contribution in [3.05, 3.63) is 11.1 Å². The lowest BCUT2D eigenvalue weighted by Gasteiger charge is -2.21. The molecule has 0 aromatic carbocycles. The maximum Gasteiger partial charge on any atom is 0.331 e. The second-order valence-corrected chi connectivity index (χ2v) is 3.27. The molecular weight excluding hydrogens is 156 g/mol. The van der Waals surface area contributed by atoms with Crippen LogP contribution in [-0.4, -0.2) is 22.8 Å². The van der Waals surface area contributed by atoms with Crippen LogP contribution in [0.25, 0.3) is 0 Å². The molecule has 0 saturated heterocycles. The van der Waals surface area contributed by atoms with E-state index in [1.165, 1.54) is 0 Å². The van der Waals surface area contributed by atoms with E-state index in [2.05, 4.69) is 0 Å². The van der Waals surface area contributed by atoms with Crippen LogP contribution in [0.15, 0.2) is 11.1 Å². The summed E-state index contributed by atoms with van der Waals surface area (Å²) in [5.41, 5.74) is 1.14. The van der Waals surface area contributed by atoms with Gasteiger partial charge in [0.15, 0.2) is 0 Å². The minimum absolute atomic E-state index is 0.0957. The lowest BCUT2D eigenvalue weighted by Crippen LogP contribution is -2.18. The average molecular weight is 170 g/mol. The minimum atomic E-state index is -0.869. The van der Waals surface area contributed by atoms with E-state index < -0.39 is 5.97 Å². The molecule has 0 aromatic heterocycles. The smallest absolute Gasteiger partial charge is 0.331 e. The maximum absolute atomic E-state index is 10.8. The number of carboxylic acids is 1. The third kappa shape index (κ3) is 1.67. The Kier molecular flexibility index (Phi) is 2.87. The first-order valence-electron chi connectivity index (χ1n) is 4.23. The molecule has 12 heavy (non-hydrogen) atoms. The number of carboxylic acid groups (broad SMARTS) is 1. The lowest BCUT2D eigenvalue weighted by molar-refractivity contribution is -0.133. The number of aliphatic hydroxyl groups excluding tert-OH is 1. The zero-order chi connectivity index (χ0) is 9.14. The summed E-state index contributed by atoms with van der Waals surface area (Å²) < 4.78 is 0. The molecule has 0 heterocycles. The monoisotopic (exact) mass is 170 g/mol. The molecule has 1 unspecified atom stereocenters. The zero-order valence-corrected chi connectivity index (χ0v) is 7.21. The summed E-state index contributed by atoms with van der Waals surface area (Å²) in [6, 6.07) is 0. The fraction of sp³-hybridized carbons (Fsp3) is 0.667. The summed E-state index contributed by atoms with van der Waals surface area (Å²) in [5, 5.41) is 17.7. The van der Waals surface area contributed by atoms with Gasteiger partial charge in [-0.25, -0.2) is 4.79 Å². The van der Waals surface area contributed by atoms with Gasteiger partial charge in [0.05, 0.1) is 6.61 Å². The van der Waals surface area contributed by atoms with Gasteiger partial charge in [0.25, 0.3) is 0 Å². The lowest BCUT2D eigenvalue weighted by atomic mass is 9.84. The highest BCUT2D eigenvalue weighted by molar-refractivity contribution is 5.88. The van der Waals surface area contributed by atoms with Crippen LogP contribution in [0.4, 0.5) is 0 Å². The van der Waals surface area contributed by atoms with Crippen molar-refractivity contribution in [2.75, 3.05) is 6.61 Å². The van der Waals surface area contributed by atoms with Crippen molar-refractivity contribution in [3.8, 4) is 0 Å². The molecule has 3 heteroatoms.